The van der Waals surface area contributed by atoms with Crippen LogP contribution in [0.4, 0.5) is 0 Å². The molecule has 0 spiro atoms. The maximum atomic E-state index is 11.5. The first-order valence-corrected chi connectivity index (χ1v) is 6.78. The van der Waals surface area contributed by atoms with Gasteiger partial charge in [-0.05, 0) is 31.6 Å². The van der Waals surface area contributed by atoms with Crippen molar-refractivity contribution >= 4 is 33.8 Å². The Morgan fingerprint density at radius 3 is 2.63 bits per heavy atom. The lowest BCUT2D eigenvalue weighted by Crippen LogP contribution is -2.39. The van der Waals surface area contributed by atoms with Crippen LogP contribution < -0.4 is 10.6 Å². The first-order valence-electron chi connectivity index (χ1n) is 5.99. The van der Waals surface area contributed by atoms with Crippen molar-refractivity contribution < 1.29 is 9.59 Å². The maximum Gasteiger partial charge on any atom is 0.244 e. The number of carbonyl (C=O) groups excluding carboxylic acids is 2. The Morgan fingerprint density at radius 2 is 2.00 bits per heavy atom. The van der Waals surface area contributed by atoms with Crippen molar-refractivity contribution in [2.24, 2.45) is 0 Å². The smallest absolute Gasteiger partial charge is 0.244 e. The van der Waals surface area contributed by atoms with Gasteiger partial charge < -0.3 is 10.6 Å². The number of rotatable bonds is 5. The van der Waals surface area contributed by atoms with Gasteiger partial charge in [0.2, 0.25) is 11.8 Å². The summed E-state index contributed by atoms with van der Waals surface area (Å²) in [7, 11) is 0. The minimum atomic E-state index is -0.297. The van der Waals surface area contributed by atoms with E-state index in [0.717, 1.165) is 10.0 Å². The second kappa shape index (κ2) is 7.74. The quantitative estimate of drug-likeness (QED) is 0.815. The highest BCUT2D eigenvalue weighted by Gasteiger charge is 2.04. The number of nitrogens with one attached hydrogen (secondary N) is 2. The highest BCUT2D eigenvalue weighted by Crippen LogP contribution is 2.16. The summed E-state index contributed by atoms with van der Waals surface area (Å²) >= 11 is 3.39. The number of hydrogen-bond acceptors (Lipinski definition) is 2. The Morgan fingerprint density at radius 1 is 1.32 bits per heavy atom. The summed E-state index contributed by atoms with van der Waals surface area (Å²) in [6.07, 6.45) is 3.10. The predicted octanol–water partition coefficient (Wildman–Crippen LogP) is 2.10. The molecule has 4 nitrogen and oxygen atoms in total. The number of benzene rings is 1. The van der Waals surface area contributed by atoms with Gasteiger partial charge in [-0.1, -0.05) is 34.1 Å². The van der Waals surface area contributed by atoms with Crippen molar-refractivity contribution in [1.82, 2.24) is 10.6 Å². The van der Waals surface area contributed by atoms with Crippen LogP contribution in [-0.4, -0.2) is 24.4 Å². The van der Waals surface area contributed by atoms with Gasteiger partial charge >= 0.3 is 0 Å². The molecular weight excluding hydrogens is 308 g/mol. The predicted molar refractivity (Wildman–Crippen MR) is 79.5 cm³/mol. The molecule has 0 aliphatic carbocycles. The number of halogens is 1. The summed E-state index contributed by atoms with van der Waals surface area (Å²) in [5.41, 5.74) is 0.907. The first-order chi connectivity index (χ1) is 8.99. The van der Waals surface area contributed by atoms with Gasteiger partial charge in [-0.2, -0.15) is 0 Å². The van der Waals surface area contributed by atoms with Crippen LogP contribution in [0.1, 0.15) is 19.4 Å². The molecule has 2 amide bonds. The van der Waals surface area contributed by atoms with E-state index in [4.69, 9.17) is 0 Å². The highest BCUT2D eigenvalue weighted by atomic mass is 79.9. The number of carbonyl (C=O) groups is 2. The molecule has 0 saturated heterocycles. The topological polar surface area (TPSA) is 58.2 Å². The van der Waals surface area contributed by atoms with Crippen LogP contribution in [0.3, 0.4) is 0 Å². The number of hydrogen-bond donors (Lipinski definition) is 2. The van der Waals surface area contributed by atoms with Gasteiger partial charge in [0.25, 0.3) is 0 Å². The number of amides is 2. The molecule has 1 aromatic carbocycles. The van der Waals surface area contributed by atoms with Crippen LogP contribution in [0.2, 0.25) is 0 Å². The van der Waals surface area contributed by atoms with E-state index < -0.39 is 0 Å². The molecule has 102 valence electrons. The van der Waals surface area contributed by atoms with E-state index in [1.54, 1.807) is 6.08 Å². The molecule has 2 N–H and O–H groups in total. The average Bonchev–Trinajstić information content (AvgIpc) is 2.34. The van der Waals surface area contributed by atoms with Gasteiger partial charge in [0.1, 0.15) is 0 Å². The fourth-order valence-electron chi connectivity index (χ4n) is 1.38. The summed E-state index contributed by atoms with van der Waals surface area (Å²) in [4.78, 5) is 22.9. The Labute approximate surface area is 121 Å². The van der Waals surface area contributed by atoms with Gasteiger partial charge in [0, 0.05) is 16.6 Å². The molecule has 5 heteroatoms. The fourth-order valence-corrected chi connectivity index (χ4v) is 1.79. The molecule has 1 aromatic rings. The van der Waals surface area contributed by atoms with Gasteiger partial charge in [0.05, 0.1) is 6.54 Å². The second-order valence-corrected chi connectivity index (χ2v) is 5.15. The van der Waals surface area contributed by atoms with E-state index in [0.29, 0.717) is 0 Å². The Kier molecular flexibility index (Phi) is 6.29. The molecule has 0 aliphatic heterocycles. The monoisotopic (exact) mass is 324 g/mol. The fraction of sp³-hybridized carbons (Fsp3) is 0.286. The normalized spacial score (nSPS) is 10.7. The summed E-state index contributed by atoms with van der Waals surface area (Å²) < 4.78 is 0.914. The summed E-state index contributed by atoms with van der Waals surface area (Å²) in [6, 6.07) is 7.64. The van der Waals surface area contributed by atoms with Crippen LogP contribution >= 0.6 is 15.9 Å². The van der Waals surface area contributed by atoms with Gasteiger partial charge in [-0.3, -0.25) is 9.59 Å². The molecule has 0 bridgehead atoms. The Hall–Kier alpha value is -1.62. The van der Waals surface area contributed by atoms with Gasteiger partial charge in [-0.25, -0.2) is 0 Å². The zero-order chi connectivity index (χ0) is 14.3. The van der Waals surface area contributed by atoms with E-state index in [2.05, 4.69) is 26.6 Å². The van der Waals surface area contributed by atoms with Crippen molar-refractivity contribution in [3.05, 3.63) is 40.4 Å². The Balaban J connectivity index is 2.44. The zero-order valence-corrected chi connectivity index (χ0v) is 12.5. The third-order valence-electron chi connectivity index (χ3n) is 2.19. The molecule has 0 unspecified atom stereocenters. The third-order valence-corrected chi connectivity index (χ3v) is 2.91. The second-order valence-electron chi connectivity index (χ2n) is 4.29. The largest absolute Gasteiger partial charge is 0.352 e. The molecule has 19 heavy (non-hydrogen) atoms. The molecule has 0 saturated carbocycles. The van der Waals surface area contributed by atoms with Crippen LogP contribution in [-0.2, 0) is 9.59 Å². The van der Waals surface area contributed by atoms with Crippen LogP contribution in [0, 0.1) is 0 Å². The molecule has 1 rings (SSSR count). The zero-order valence-electron chi connectivity index (χ0n) is 10.9. The summed E-state index contributed by atoms with van der Waals surface area (Å²) in [5.74, 6) is -0.493. The molecule has 0 fully saturated rings. The van der Waals surface area contributed by atoms with Gasteiger partial charge in [0.15, 0.2) is 0 Å². The molecule has 0 aliphatic rings. The maximum absolute atomic E-state index is 11.5. The van der Waals surface area contributed by atoms with Crippen LogP contribution in [0.25, 0.3) is 6.08 Å². The lowest BCUT2D eigenvalue weighted by molar-refractivity contribution is -0.124. The van der Waals surface area contributed by atoms with Crippen LogP contribution in [0.5, 0.6) is 0 Å². The van der Waals surface area contributed by atoms with E-state index in [-0.39, 0.29) is 24.4 Å². The van der Waals surface area contributed by atoms with Crippen molar-refractivity contribution in [1.29, 1.82) is 0 Å². The van der Waals surface area contributed by atoms with Crippen molar-refractivity contribution in [3.8, 4) is 0 Å². The highest BCUT2D eigenvalue weighted by molar-refractivity contribution is 9.10. The summed E-state index contributed by atoms with van der Waals surface area (Å²) in [6.45, 7) is 3.72. The van der Waals surface area contributed by atoms with Gasteiger partial charge in [-0.15, -0.1) is 0 Å². The van der Waals surface area contributed by atoms with E-state index in [1.165, 1.54) is 6.08 Å². The lowest BCUT2D eigenvalue weighted by Gasteiger charge is -2.08. The minimum absolute atomic E-state index is 0.0166. The van der Waals surface area contributed by atoms with Crippen molar-refractivity contribution in [3.63, 3.8) is 0 Å². The summed E-state index contributed by atoms with van der Waals surface area (Å²) in [5, 5.41) is 5.22. The van der Waals surface area contributed by atoms with Crippen molar-refractivity contribution in [2.75, 3.05) is 6.54 Å². The van der Waals surface area contributed by atoms with E-state index in [9.17, 15) is 9.59 Å². The SMILES string of the molecule is CC(C)NC(=O)CNC(=O)/C=C/c1ccccc1Br. The average molecular weight is 325 g/mol. The van der Waals surface area contributed by atoms with Crippen LogP contribution in [0.15, 0.2) is 34.8 Å². The van der Waals surface area contributed by atoms with E-state index >= 15 is 0 Å². The van der Waals surface area contributed by atoms with E-state index in [1.807, 2.05) is 38.1 Å². The first kappa shape index (κ1) is 15.4. The molecule has 0 radical (unpaired) electrons. The Bertz CT molecular complexity index is 484. The molecule has 0 heterocycles. The third kappa shape index (κ3) is 6.20. The molecular formula is C14H17BrN2O2. The molecule has 0 atom stereocenters. The lowest BCUT2D eigenvalue weighted by atomic mass is 10.2. The van der Waals surface area contributed by atoms with Crippen molar-refractivity contribution in [2.45, 2.75) is 19.9 Å². The molecule has 0 aromatic heterocycles. The minimum Gasteiger partial charge on any atom is -0.352 e. The standard InChI is InChI=1S/C14H17BrN2O2/c1-10(2)17-14(19)9-16-13(18)8-7-11-5-3-4-6-12(11)15/h3-8,10H,9H2,1-2H3,(H,16,18)(H,17,19)/b8-7+.